The maximum absolute atomic E-state index is 12.6. The van der Waals surface area contributed by atoms with E-state index in [0.29, 0.717) is 32.7 Å². The number of para-hydroxylation sites is 1. The Balaban J connectivity index is 1.39. The van der Waals surface area contributed by atoms with Crippen LogP contribution in [0.1, 0.15) is 24.8 Å². The number of carbonyl (C=O) groups excluding carboxylic acids is 2. The molecule has 2 amide bonds. The summed E-state index contributed by atoms with van der Waals surface area (Å²) < 4.78 is 1.18. The molecule has 1 fully saturated rings. The standard InChI is InChI=1S/C21H31N5O2S/c1-3-4-9-22-19(27)14-25-10-12-26(13-11-25)21(28)16-24(2)15-20-23-17-7-5-6-8-18(17)29-20/h5-8H,3-4,9-16H2,1-2H3,(H,22,27). The number of piperazine rings is 1. The van der Waals surface area contributed by atoms with Crippen LogP contribution in [0.2, 0.25) is 0 Å². The number of fused-ring (bicyclic) bond motifs is 1. The highest BCUT2D eigenvalue weighted by Crippen LogP contribution is 2.22. The number of unbranched alkanes of at least 4 members (excludes halogenated alkanes) is 1. The number of rotatable bonds is 9. The van der Waals surface area contributed by atoms with Crippen LogP contribution in [0.15, 0.2) is 24.3 Å². The minimum Gasteiger partial charge on any atom is -0.355 e. The van der Waals surface area contributed by atoms with Crippen molar-refractivity contribution >= 4 is 33.4 Å². The summed E-state index contributed by atoms with van der Waals surface area (Å²) in [5.41, 5.74) is 1.02. The van der Waals surface area contributed by atoms with Crippen molar-refractivity contribution in [3.8, 4) is 0 Å². The second-order valence-corrected chi connectivity index (χ2v) is 8.72. The van der Waals surface area contributed by atoms with Crippen molar-refractivity contribution in [1.29, 1.82) is 0 Å². The third kappa shape index (κ3) is 6.48. The minimum absolute atomic E-state index is 0.0776. The van der Waals surface area contributed by atoms with E-state index in [9.17, 15) is 9.59 Å². The van der Waals surface area contributed by atoms with Crippen molar-refractivity contribution in [2.45, 2.75) is 26.3 Å². The molecule has 3 rings (SSSR count). The summed E-state index contributed by atoms with van der Waals surface area (Å²) in [6.07, 6.45) is 2.09. The summed E-state index contributed by atoms with van der Waals surface area (Å²) in [6, 6.07) is 8.11. The Bertz CT molecular complexity index is 783. The van der Waals surface area contributed by atoms with Gasteiger partial charge in [-0.25, -0.2) is 4.98 Å². The van der Waals surface area contributed by atoms with E-state index >= 15 is 0 Å². The van der Waals surface area contributed by atoms with Crippen molar-refractivity contribution in [3.63, 3.8) is 0 Å². The first-order chi connectivity index (χ1) is 14.0. The Morgan fingerprint density at radius 2 is 1.97 bits per heavy atom. The lowest BCUT2D eigenvalue weighted by Gasteiger charge is -2.35. The molecule has 1 aromatic carbocycles. The second kappa shape index (κ2) is 10.7. The summed E-state index contributed by atoms with van der Waals surface area (Å²) >= 11 is 1.68. The molecule has 0 unspecified atom stereocenters. The lowest BCUT2D eigenvalue weighted by molar-refractivity contribution is -0.134. The van der Waals surface area contributed by atoms with Crippen LogP contribution in [0.5, 0.6) is 0 Å². The van der Waals surface area contributed by atoms with Crippen molar-refractivity contribution in [3.05, 3.63) is 29.3 Å². The first-order valence-electron chi connectivity index (χ1n) is 10.3. The highest BCUT2D eigenvalue weighted by molar-refractivity contribution is 7.18. The van der Waals surface area contributed by atoms with Gasteiger partial charge in [-0.05, 0) is 25.6 Å². The third-order valence-corrected chi connectivity index (χ3v) is 6.11. The SMILES string of the molecule is CCCCNC(=O)CN1CCN(C(=O)CN(C)Cc2nc3ccccc3s2)CC1. The fourth-order valence-corrected chi connectivity index (χ4v) is 4.47. The average molecular weight is 418 g/mol. The highest BCUT2D eigenvalue weighted by atomic mass is 32.1. The zero-order chi connectivity index (χ0) is 20.6. The first kappa shape index (κ1) is 21.7. The van der Waals surface area contributed by atoms with E-state index in [0.717, 1.165) is 43.0 Å². The van der Waals surface area contributed by atoms with Crippen LogP contribution in [0.3, 0.4) is 0 Å². The van der Waals surface area contributed by atoms with Crippen molar-refractivity contribution < 1.29 is 9.59 Å². The Kier molecular flexibility index (Phi) is 7.97. The van der Waals surface area contributed by atoms with Crippen LogP contribution in [-0.2, 0) is 16.1 Å². The van der Waals surface area contributed by atoms with Crippen LogP contribution in [0, 0.1) is 0 Å². The molecule has 1 aromatic heterocycles. The number of hydrogen-bond donors (Lipinski definition) is 1. The molecule has 1 N–H and O–H groups in total. The Morgan fingerprint density at radius 1 is 1.21 bits per heavy atom. The number of thiazole rings is 1. The van der Waals surface area contributed by atoms with E-state index in [2.05, 4.69) is 28.2 Å². The van der Waals surface area contributed by atoms with Gasteiger partial charge in [-0.2, -0.15) is 0 Å². The molecule has 2 heterocycles. The van der Waals surface area contributed by atoms with Gasteiger partial charge in [0.05, 0.1) is 29.9 Å². The van der Waals surface area contributed by atoms with Gasteiger partial charge in [-0.15, -0.1) is 11.3 Å². The summed E-state index contributed by atoms with van der Waals surface area (Å²) in [6.45, 7) is 7.17. The van der Waals surface area contributed by atoms with E-state index in [1.165, 1.54) is 4.70 Å². The van der Waals surface area contributed by atoms with Gasteiger partial charge in [0.1, 0.15) is 5.01 Å². The molecule has 2 aromatic rings. The summed E-state index contributed by atoms with van der Waals surface area (Å²) in [5.74, 6) is 0.217. The second-order valence-electron chi connectivity index (χ2n) is 7.61. The van der Waals surface area contributed by atoms with E-state index in [1.807, 2.05) is 35.0 Å². The van der Waals surface area contributed by atoms with E-state index in [-0.39, 0.29) is 11.8 Å². The molecule has 7 nitrogen and oxygen atoms in total. The molecular formula is C21H31N5O2S. The zero-order valence-electron chi connectivity index (χ0n) is 17.4. The Morgan fingerprint density at radius 3 is 2.69 bits per heavy atom. The predicted octanol–water partition coefficient (Wildman–Crippen LogP) is 1.79. The fraction of sp³-hybridized carbons (Fsp3) is 0.571. The van der Waals surface area contributed by atoms with Gasteiger partial charge in [0.25, 0.3) is 0 Å². The molecule has 0 aliphatic carbocycles. The normalized spacial score (nSPS) is 15.2. The Hall–Kier alpha value is -2.03. The smallest absolute Gasteiger partial charge is 0.236 e. The number of nitrogens with zero attached hydrogens (tertiary/aromatic N) is 4. The van der Waals surface area contributed by atoms with Crippen molar-refractivity contribution in [2.24, 2.45) is 0 Å². The number of benzene rings is 1. The monoisotopic (exact) mass is 417 g/mol. The number of amides is 2. The molecule has 1 aliphatic heterocycles. The van der Waals surface area contributed by atoms with E-state index in [1.54, 1.807) is 11.3 Å². The third-order valence-electron chi connectivity index (χ3n) is 5.09. The van der Waals surface area contributed by atoms with Crippen LogP contribution >= 0.6 is 11.3 Å². The van der Waals surface area contributed by atoms with Gasteiger partial charge in [0.15, 0.2) is 0 Å². The predicted molar refractivity (Wildman–Crippen MR) is 117 cm³/mol. The van der Waals surface area contributed by atoms with Gasteiger partial charge in [0.2, 0.25) is 11.8 Å². The zero-order valence-corrected chi connectivity index (χ0v) is 18.2. The summed E-state index contributed by atoms with van der Waals surface area (Å²) in [7, 11) is 1.96. The van der Waals surface area contributed by atoms with Gasteiger partial charge in [-0.1, -0.05) is 25.5 Å². The van der Waals surface area contributed by atoms with E-state index < -0.39 is 0 Å². The van der Waals surface area contributed by atoms with Gasteiger partial charge in [0, 0.05) is 32.7 Å². The fourth-order valence-electron chi connectivity index (χ4n) is 3.42. The lowest BCUT2D eigenvalue weighted by Crippen LogP contribution is -2.52. The number of likely N-dealkylation sites (N-methyl/N-ethyl adjacent to an activating group) is 1. The number of aromatic nitrogens is 1. The average Bonchev–Trinajstić information content (AvgIpc) is 3.10. The van der Waals surface area contributed by atoms with Crippen molar-refractivity contribution in [1.82, 2.24) is 25.0 Å². The lowest BCUT2D eigenvalue weighted by atomic mass is 10.3. The van der Waals surface area contributed by atoms with Crippen LogP contribution in [0.25, 0.3) is 10.2 Å². The number of nitrogens with one attached hydrogen (secondary N) is 1. The molecular weight excluding hydrogens is 386 g/mol. The molecule has 158 valence electrons. The molecule has 8 heteroatoms. The van der Waals surface area contributed by atoms with Gasteiger partial charge < -0.3 is 10.2 Å². The molecule has 0 bridgehead atoms. The molecule has 1 aliphatic rings. The highest BCUT2D eigenvalue weighted by Gasteiger charge is 2.23. The maximum atomic E-state index is 12.6. The first-order valence-corrected chi connectivity index (χ1v) is 11.2. The van der Waals surface area contributed by atoms with Gasteiger partial charge >= 0.3 is 0 Å². The molecule has 0 spiro atoms. The van der Waals surface area contributed by atoms with Crippen LogP contribution in [-0.4, -0.2) is 84.4 Å². The minimum atomic E-state index is 0.0776. The Labute approximate surface area is 176 Å². The topological polar surface area (TPSA) is 68.8 Å². The van der Waals surface area contributed by atoms with E-state index in [4.69, 9.17) is 0 Å². The maximum Gasteiger partial charge on any atom is 0.236 e. The van der Waals surface area contributed by atoms with Crippen LogP contribution in [0.4, 0.5) is 0 Å². The largest absolute Gasteiger partial charge is 0.355 e. The molecule has 0 saturated carbocycles. The van der Waals surface area contributed by atoms with Crippen LogP contribution < -0.4 is 5.32 Å². The number of carbonyl (C=O) groups is 2. The molecule has 0 radical (unpaired) electrons. The quantitative estimate of drug-likeness (QED) is 0.630. The number of hydrogen-bond acceptors (Lipinski definition) is 6. The van der Waals surface area contributed by atoms with Crippen molar-refractivity contribution in [2.75, 3.05) is 52.9 Å². The molecule has 1 saturated heterocycles. The summed E-state index contributed by atoms with van der Waals surface area (Å²) in [5, 5.41) is 3.98. The molecule has 29 heavy (non-hydrogen) atoms. The summed E-state index contributed by atoms with van der Waals surface area (Å²) in [4.78, 5) is 35.3. The van der Waals surface area contributed by atoms with Gasteiger partial charge in [-0.3, -0.25) is 19.4 Å². The molecule has 0 atom stereocenters.